The number of rotatable bonds is 5. The van der Waals surface area contributed by atoms with Crippen molar-refractivity contribution >= 4 is 27.2 Å². The molecule has 3 aromatic carbocycles. The van der Waals surface area contributed by atoms with Crippen LogP contribution in [-0.2, 0) is 10.0 Å². The number of nitro benzene ring substituents is 1. The molecule has 8 heteroatoms. The first-order valence-electron chi connectivity index (χ1n) is 8.73. The maximum absolute atomic E-state index is 13.1. The number of hydrogen-bond acceptors (Lipinski definition) is 5. The van der Waals surface area contributed by atoms with Crippen molar-refractivity contribution in [1.29, 1.82) is 0 Å². The van der Waals surface area contributed by atoms with Crippen LogP contribution in [0, 0.1) is 17.0 Å². The summed E-state index contributed by atoms with van der Waals surface area (Å²) in [6.07, 6.45) is 0. The lowest BCUT2D eigenvalue weighted by atomic mass is 10.2. The van der Waals surface area contributed by atoms with E-state index in [1.807, 2.05) is 37.3 Å². The summed E-state index contributed by atoms with van der Waals surface area (Å²) in [5.74, 6) is 0.243. The first-order valence-corrected chi connectivity index (χ1v) is 10.2. The van der Waals surface area contributed by atoms with Crippen molar-refractivity contribution in [2.75, 3.05) is 7.05 Å². The van der Waals surface area contributed by atoms with Gasteiger partial charge in [-0.2, -0.15) is 0 Å². The van der Waals surface area contributed by atoms with Gasteiger partial charge in [-0.05, 0) is 31.2 Å². The highest BCUT2D eigenvalue weighted by Crippen LogP contribution is 2.23. The molecule has 0 bridgehead atoms. The maximum Gasteiger partial charge on any atom is 0.269 e. The molecule has 3 rings (SSSR count). The number of amidine groups is 1. The highest BCUT2D eigenvalue weighted by atomic mass is 32.2. The quantitative estimate of drug-likeness (QED) is 0.272. The zero-order valence-corrected chi connectivity index (χ0v) is 16.7. The van der Waals surface area contributed by atoms with Gasteiger partial charge >= 0.3 is 0 Å². The third kappa shape index (κ3) is 4.49. The molecule has 3 aromatic rings. The minimum atomic E-state index is -3.98. The molecule has 0 atom stereocenters. The van der Waals surface area contributed by atoms with Crippen LogP contribution in [0.5, 0.6) is 0 Å². The lowest BCUT2D eigenvalue weighted by Gasteiger charge is -2.21. The van der Waals surface area contributed by atoms with Crippen LogP contribution in [0.1, 0.15) is 11.1 Å². The van der Waals surface area contributed by atoms with Gasteiger partial charge in [0.05, 0.1) is 15.5 Å². The van der Waals surface area contributed by atoms with Gasteiger partial charge in [-0.3, -0.25) is 14.4 Å². The van der Waals surface area contributed by atoms with Gasteiger partial charge < -0.3 is 0 Å². The van der Waals surface area contributed by atoms with Crippen molar-refractivity contribution in [2.45, 2.75) is 11.8 Å². The molecule has 0 saturated heterocycles. The number of aryl methyl sites for hydroxylation is 1. The van der Waals surface area contributed by atoms with E-state index in [1.165, 1.54) is 31.3 Å². The molecule has 0 fully saturated rings. The second-order valence-corrected chi connectivity index (χ2v) is 8.33. The van der Waals surface area contributed by atoms with E-state index >= 15 is 0 Å². The molecule has 0 radical (unpaired) electrons. The Kier molecular flexibility index (Phi) is 5.74. The summed E-state index contributed by atoms with van der Waals surface area (Å²) in [6.45, 7) is 1.96. The monoisotopic (exact) mass is 409 g/mol. The predicted molar refractivity (Wildman–Crippen MR) is 112 cm³/mol. The second kappa shape index (κ2) is 8.24. The summed E-state index contributed by atoms with van der Waals surface area (Å²) >= 11 is 0. The first-order chi connectivity index (χ1) is 13.8. The van der Waals surface area contributed by atoms with E-state index in [0.29, 0.717) is 11.3 Å². The van der Waals surface area contributed by atoms with Gasteiger partial charge in [0.15, 0.2) is 0 Å². The van der Waals surface area contributed by atoms with Crippen LogP contribution in [0.25, 0.3) is 0 Å². The van der Waals surface area contributed by atoms with Crippen LogP contribution in [0.3, 0.4) is 0 Å². The average Bonchev–Trinajstić information content (AvgIpc) is 2.73. The van der Waals surface area contributed by atoms with Crippen LogP contribution in [-0.4, -0.2) is 30.5 Å². The van der Waals surface area contributed by atoms with E-state index in [9.17, 15) is 18.5 Å². The number of benzene rings is 3. The fourth-order valence-corrected chi connectivity index (χ4v) is 3.83. The van der Waals surface area contributed by atoms with Gasteiger partial charge in [-0.1, -0.05) is 48.0 Å². The van der Waals surface area contributed by atoms with E-state index < -0.39 is 14.9 Å². The number of nitro groups is 1. The highest BCUT2D eigenvalue weighted by Gasteiger charge is 2.26. The predicted octanol–water partition coefficient (Wildman–Crippen LogP) is 4.30. The normalized spacial score (nSPS) is 11.9. The van der Waals surface area contributed by atoms with Gasteiger partial charge in [0.25, 0.3) is 15.7 Å². The maximum atomic E-state index is 13.1. The largest absolute Gasteiger partial charge is 0.269 e. The summed E-state index contributed by atoms with van der Waals surface area (Å²) < 4.78 is 27.4. The molecular weight excluding hydrogens is 390 g/mol. The fourth-order valence-electron chi connectivity index (χ4n) is 2.66. The molecule has 0 heterocycles. The summed E-state index contributed by atoms with van der Waals surface area (Å²) in [5, 5.41) is 10.8. The molecule has 0 aromatic heterocycles. The Balaban J connectivity index is 2.07. The Morgan fingerprint density at radius 1 is 0.931 bits per heavy atom. The zero-order valence-electron chi connectivity index (χ0n) is 15.9. The molecule has 0 amide bonds. The lowest BCUT2D eigenvalue weighted by molar-refractivity contribution is -0.384. The van der Waals surface area contributed by atoms with Crippen molar-refractivity contribution in [3.05, 3.63) is 100 Å². The Hall–Kier alpha value is -3.52. The van der Waals surface area contributed by atoms with Crippen molar-refractivity contribution in [3.63, 3.8) is 0 Å². The molecular formula is C21H19N3O4S. The number of non-ortho nitro benzene ring substituents is 1. The Morgan fingerprint density at radius 3 is 2.07 bits per heavy atom. The minimum absolute atomic E-state index is 0.0573. The summed E-state index contributed by atoms with van der Waals surface area (Å²) in [5.41, 5.74) is 2.13. The van der Waals surface area contributed by atoms with Gasteiger partial charge in [0, 0.05) is 24.7 Å². The second-order valence-electron chi connectivity index (χ2n) is 6.36. The van der Waals surface area contributed by atoms with Gasteiger partial charge in [0.2, 0.25) is 0 Å². The van der Waals surface area contributed by atoms with E-state index in [-0.39, 0.29) is 16.4 Å². The van der Waals surface area contributed by atoms with Crippen molar-refractivity contribution in [2.24, 2.45) is 4.99 Å². The first kappa shape index (κ1) is 20.2. The average molecular weight is 409 g/mol. The summed E-state index contributed by atoms with van der Waals surface area (Å²) in [6, 6.07) is 21.2. The standard InChI is InChI=1S/C21H19N3O4S/c1-16-8-10-18(11-9-16)22-21(17-6-4-3-5-7-17)23(2)29(27,28)20-14-12-19(13-15-20)24(25)26/h3-15H,1-2H3. The fraction of sp³-hybridized carbons (Fsp3) is 0.0952. The topological polar surface area (TPSA) is 92.9 Å². The third-order valence-corrected chi connectivity index (χ3v) is 6.07. The smallest absolute Gasteiger partial charge is 0.258 e. The van der Waals surface area contributed by atoms with Gasteiger partial charge in [-0.25, -0.2) is 13.4 Å². The van der Waals surface area contributed by atoms with E-state index in [2.05, 4.69) is 4.99 Å². The zero-order chi connectivity index (χ0) is 21.0. The molecule has 0 saturated carbocycles. The Bertz CT molecular complexity index is 1140. The number of hydrogen-bond donors (Lipinski definition) is 0. The van der Waals surface area contributed by atoms with Crippen LogP contribution in [0.4, 0.5) is 11.4 Å². The molecule has 148 valence electrons. The van der Waals surface area contributed by atoms with Crippen molar-refractivity contribution < 1.29 is 13.3 Å². The van der Waals surface area contributed by atoms with Crippen LogP contribution < -0.4 is 0 Å². The molecule has 0 aliphatic heterocycles. The molecule has 29 heavy (non-hydrogen) atoms. The van der Waals surface area contributed by atoms with E-state index in [4.69, 9.17) is 0 Å². The number of sulfonamides is 1. The molecule has 0 aliphatic carbocycles. The third-order valence-electron chi connectivity index (χ3n) is 4.31. The molecule has 0 aliphatic rings. The van der Waals surface area contributed by atoms with Gasteiger partial charge in [-0.15, -0.1) is 0 Å². The summed E-state index contributed by atoms with van der Waals surface area (Å²) in [7, 11) is -2.56. The molecule has 0 unspecified atom stereocenters. The number of nitrogens with zero attached hydrogens (tertiary/aromatic N) is 3. The van der Waals surface area contributed by atoms with E-state index in [1.54, 1.807) is 24.3 Å². The Labute approximate surface area is 169 Å². The lowest BCUT2D eigenvalue weighted by Crippen LogP contribution is -2.33. The van der Waals surface area contributed by atoms with Crippen LogP contribution in [0.15, 0.2) is 88.8 Å². The van der Waals surface area contributed by atoms with E-state index in [0.717, 1.165) is 9.87 Å². The van der Waals surface area contributed by atoms with Gasteiger partial charge in [0.1, 0.15) is 5.84 Å². The highest BCUT2D eigenvalue weighted by molar-refractivity contribution is 7.89. The SMILES string of the molecule is Cc1ccc(N=C(c2ccccc2)N(C)S(=O)(=O)c2ccc([N+](=O)[O-])cc2)cc1. The number of aliphatic imine (C=N–C) groups is 1. The van der Waals surface area contributed by atoms with Crippen LogP contribution >= 0.6 is 0 Å². The molecule has 0 spiro atoms. The Morgan fingerprint density at radius 2 is 1.52 bits per heavy atom. The van der Waals surface area contributed by atoms with Crippen molar-refractivity contribution in [1.82, 2.24) is 4.31 Å². The van der Waals surface area contributed by atoms with Crippen LogP contribution in [0.2, 0.25) is 0 Å². The minimum Gasteiger partial charge on any atom is -0.258 e. The molecule has 0 N–H and O–H groups in total. The summed E-state index contributed by atoms with van der Waals surface area (Å²) in [4.78, 5) is 14.8. The van der Waals surface area contributed by atoms with Crippen molar-refractivity contribution in [3.8, 4) is 0 Å². The molecule has 7 nitrogen and oxygen atoms in total.